The maximum Gasteiger partial charge on any atom is 0.392 e. The summed E-state index contributed by atoms with van der Waals surface area (Å²) in [6.45, 7) is 46.4. The smallest absolute Gasteiger partial charge is 0.171 e. The van der Waals surface area contributed by atoms with Crippen molar-refractivity contribution in [1.29, 1.82) is 0 Å². The third kappa shape index (κ3) is 41.1. The standard InChI is InChI=1S/2C9H15F3.C8H13F3.C8H16.C7H16.C6H11F3.2C6H14/c1-6-3-7(2)5-8(4-6)9(10,11)12;1-6-4-3-5-8(7(6)2)9(10,11)12;1-5-3-6(2)7(4-5)8(9,10)11;1-6-4-5-7(2)8(6)3;1-5-6-7(2,3)4;1-3-4-5(2)6(7,8)9;2*1-5-6(2,3)4/h2*6-8H,3-5H2,1-2H3;5-7H,3-4H2,1-2H3;6-8H,4-5H2,1-3H3;5-6H2,1-4H3;5H,3-4H2,1-2H3;2*5H2,1-4H3/t6-,7?,8?;6?,7-,8?;5-,6?,7?;;;;;/m010...../s1/i;;;;;;5D2;. The Balaban J connectivity index is -0.000000377. The molecule has 0 bridgehead atoms. The average Bonchev–Trinajstić information content (AvgIpc) is 3.68. The van der Waals surface area contributed by atoms with Crippen molar-refractivity contribution in [3.05, 3.63) is 0 Å². The van der Waals surface area contributed by atoms with Crippen LogP contribution in [0, 0.1) is 93.2 Å². The van der Waals surface area contributed by atoms with Gasteiger partial charge in [0.2, 0.25) is 0 Å². The highest BCUT2D eigenvalue weighted by molar-refractivity contribution is 4.84. The SMILES string of the molecule is CC1CC(C(F)(F)F)C[C@@H](C)C1.CC1CCC(C)C1C.CC1CCCC(C(F)(F)F)[C@@H]1C.CC1C[C@H](C)CC1C(F)(F)F.CCC(C)(C)C.CCCC(C)(C)C.CCCC(C)C(F)(F)F.[2H]C([2H])(C)C(C)(C)C. The molecular formula is C59H114F12. The molecule has 0 aromatic heterocycles. The van der Waals surface area contributed by atoms with Crippen LogP contribution in [-0.4, -0.2) is 24.7 Å². The molecule has 4 fully saturated rings. The zero-order valence-corrected chi connectivity index (χ0v) is 49.6. The lowest BCUT2D eigenvalue weighted by atomic mass is 9.73. The second-order valence-corrected chi connectivity index (χ2v) is 26.1. The summed E-state index contributed by atoms with van der Waals surface area (Å²) in [4.78, 5) is 0. The van der Waals surface area contributed by atoms with Crippen molar-refractivity contribution in [2.45, 2.75) is 287 Å². The van der Waals surface area contributed by atoms with Gasteiger partial charge in [0.05, 0.1) is 23.7 Å². The molecule has 9 unspecified atom stereocenters. The molecule has 12 heteroatoms. The summed E-state index contributed by atoms with van der Waals surface area (Å²) in [5.41, 5.74) is 0.863. The average molecular weight is 1050 g/mol. The zero-order valence-electron chi connectivity index (χ0n) is 51.6. The van der Waals surface area contributed by atoms with E-state index in [1.165, 1.54) is 39.0 Å². The molecule has 434 valence electrons. The Labute approximate surface area is 434 Å². The third-order valence-electron chi connectivity index (χ3n) is 15.3. The number of alkyl halides is 12. The van der Waals surface area contributed by atoms with E-state index in [0.29, 0.717) is 42.9 Å². The Morgan fingerprint density at radius 2 is 0.817 bits per heavy atom. The van der Waals surface area contributed by atoms with Crippen LogP contribution in [0.15, 0.2) is 0 Å². The van der Waals surface area contributed by atoms with E-state index >= 15 is 0 Å². The van der Waals surface area contributed by atoms with Crippen LogP contribution in [0.3, 0.4) is 0 Å². The Kier molecular flexibility index (Phi) is 35.4. The lowest BCUT2D eigenvalue weighted by Crippen LogP contribution is -2.35. The van der Waals surface area contributed by atoms with Gasteiger partial charge in [-0.3, -0.25) is 0 Å². The number of halogens is 12. The minimum absolute atomic E-state index is 0.176. The number of hydrogen-bond donors (Lipinski definition) is 0. The Bertz CT molecular complexity index is 1310. The van der Waals surface area contributed by atoms with Gasteiger partial charge in [0, 0.05) is 2.74 Å². The second-order valence-electron chi connectivity index (χ2n) is 26.1. The van der Waals surface area contributed by atoms with Crippen molar-refractivity contribution in [2.24, 2.45) is 93.2 Å². The molecule has 0 N–H and O–H groups in total. The van der Waals surface area contributed by atoms with Gasteiger partial charge in [-0.2, -0.15) is 52.7 Å². The summed E-state index contributed by atoms with van der Waals surface area (Å²) in [6, 6.07) is 0. The van der Waals surface area contributed by atoms with Crippen molar-refractivity contribution in [2.75, 3.05) is 0 Å². The highest BCUT2D eigenvalue weighted by atomic mass is 19.4. The molecule has 0 amide bonds. The van der Waals surface area contributed by atoms with E-state index in [0.717, 1.165) is 43.4 Å². The van der Waals surface area contributed by atoms with Gasteiger partial charge in [-0.15, -0.1) is 0 Å². The van der Waals surface area contributed by atoms with E-state index in [-0.39, 0.29) is 47.3 Å². The summed E-state index contributed by atoms with van der Waals surface area (Å²) in [6.07, 6.45) is -4.62. The molecule has 4 saturated carbocycles. The molecule has 4 aliphatic carbocycles. The minimum atomic E-state index is -3.99. The van der Waals surface area contributed by atoms with E-state index < -0.39 is 54.7 Å². The number of hydrogen-bond acceptors (Lipinski definition) is 0. The summed E-state index contributed by atoms with van der Waals surface area (Å²) in [7, 11) is 0. The van der Waals surface area contributed by atoms with Crippen molar-refractivity contribution < 1.29 is 55.4 Å². The van der Waals surface area contributed by atoms with Gasteiger partial charge >= 0.3 is 24.7 Å². The molecule has 0 spiro atoms. The Hall–Kier alpha value is -0.840. The Morgan fingerprint density at radius 3 is 1.00 bits per heavy atom. The fraction of sp³-hybridized carbons (Fsp3) is 1.00. The van der Waals surface area contributed by atoms with Gasteiger partial charge in [-0.1, -0.05) is 211 Å². The molecule has 0 nitrogen and oxygen atoms in total. The topological polar surface area (TPSA) is 0 Å². The molecule has 12 atom stereocenters. The molecule has 0 saturated heterocycles. The molecule has 0 aliphatic heterocycles. The van der Waals surface area contributed by atoms with Gasteiger partial charge in [0.1, 0.15) is 0 Å². The van der Waals surface area contributed by atoms with Gasteiger partial charge in [-0.25, -0.2) is 0 Å². The van der Waals surface area contributed by atoms with Crippen LogP contribution in [0.2, 0.25) is 0 Å². The van der Waals surface area contributed by atoms with Gasteiger partial charge in [0.25, 0.3) is 0 Å². The molecule has 71 heavy (non-hydrogen) atoms. The summed E-state index contributed by atoms with van der Waals surface area (Å²) in [5, 5.41) is 0. The van der Waals surface area contributed by atoms with Crippen molar-refractivity contribution in [3.63, 3.8) is 0 Å². The first-order valence-corrected chi connectivity index (χ1v) is 27.6. The van der Waals surface area contributed by atoms with Crippen LogP contribution in [0.4, 0.5) is 52.7 Å². The monoisotopic (exact) mass is 1050 g/mol. The quantitative estimate of drug-likeness (QED) is 0.247. The molecule has 4 rings (SSSR count). The van der Waals surface area contributed by atoms with Crippen molar-refractivity contribution >= 4 is 0 Å². The zero-order chi connectivity index (χ0) is 59.1. The molecule has 0 aromatic rings. The van der Waals surface area contributed by atoms with Crippen LogP contribution >= 0.6 is 0 Å². The molecule has 0 heterocycles. The Morgan fingerprint density at radius 1 is 0.437 bits per heavy atom. The van der Waals surface area contributed by atoms with Crippen LogP contribution < -0.4 is 0 Å². The fourth-order valence-electron chi connectivity index (χ4n) is 9.23. The molecular weight excluding hydrogens is 937 g/mol. The van der Waals surface area contributed by atoms with E-state index in [4.69, 9.17) is 2.74 Å². The van der Waals surface area contributed by atoms with Crippen LogP contribution in [0.25, 0.3) is 0 Å². The predicted molar refractivity (Wildman–Crippen MR) is 281 cm³/mol. The first kappa shape index (κ1) is 72.2. The maximum atomic E-state index is 12.4. The van der Waals surface area contributed by atoms with Crippen LogP contribution in [0.5, 0.6) is 0 Å². The lowest BCUT2D eigenvalue weighted by molar-refractivity contribution is -0.199. The lowest BCUT2D eigenvalue weighted by Gasteiger charge is -2.35. The van der Waals surface area contributed by atoms with Crippen molar-refractivity contribution in [3.8, 4) is 0 Å². The number of rotatable bonds is 3. The normalized spacial score (nSPS) is 30.2. The summed E-state index contributed by atoms with van der Waals surface area (Å²) >= 11 is 0. The van der Waals surface area contributed by atoms with E-state index in [1.807, 2.05) is 48.5 Å². The first-order chi connectivity index (χ1) is 32.3. The highest BCUT2D eigenvalue weighted by Crippen LogP contribution is 2.46. The fourth-order valence-corrected chi connectivity index (χ4v) is 9.23. The minimum Gasteiger partial charge on any atom is -0.171 e. The third-order valence-corrected chi connectivity index (χ3v) is 15.3. The summed E-state index contributed by atoms with van der Waals surface area (Å²) < 4.78 is 160. The van der Waals surface area contributed by atoms with E-state index in [2.05, 4.69) is 76.2 Å². The maximum absolute atomic E-state index is 12.4. The molecule has 0 aromatic carbocycles. The molecule has 4 aliphatic rings. The first-order valence-electron chi connectivity index (χ1n) is 28.6. The second kappa shape index (κ2) is 34.7. The van der Waals surface area contributed by atoms with Crippen LogP contribution in [-0.2, 0) is 0 Å². The van der Waals surface area contributed by atoms with E-state index in [1.54, 1.807) is 27.7 Å². The van der Waals surface area contributed by atoms with Gasteiger partial charge in [-0.05, 0) is 121 Å². The summed E-state index contributed by atoms with van der Waals surface area (Å²) in [5.74, 6) is -0.742. The van der Waals surface area contributed by atoms with Gasteiger partial charge in [0.15, 0.2) is 0 Å². The van der Waals surface area contributed by atoms with Gasteiger partial charge < -0.3 is 0 Å². The van der Waals surface area contributed by atoms with E-state index in [9.17, 15) is 52.7 Å². The van der Waals surface area contributed by atoms with Crippen molar-refractivity contribution in [1.82, 2.24) is 0 Å². The molecule has 0 radical (unpaired) electrons. The highest BCUT2D eigenvalue weighted by Gasteiger charge is 2.48. The van der Waals surface area contributed by atoms with Crippen LogP contribution in [0.1, 0.15) is 265 Å². The largest absolute Gasteiger partial charge is 0.392 e. The predicted octanol–water partition coefficient (Wildman–Crippen LogP) is 23.9.